The first-order valence-electron chi connectivity index (χ1n) is 6.38. The Kier molecular flexibility index (Phi) is 4.15. The lowest BCUT2D eigenvalue weighted by molar-refractivity contribution is -0.125. The molecule has 3 N–H and O–H groups in total. The smallest absolute Gasteiger partial charge is 0.234 e. The van der Waals surface area contributed by atoms with Gasteiger partial charge in [0.25, 0.3) is 0 Å². The van der Waals surface area contributed by atoms with E-state index in [2.05, 4.69) is 5.32 Å². The molecule has 6 heteroatoms. The van der Waals surface area contributed by atoms with Gasteiger partial charge in [0.1, 0.15) is 0 Å². The van der Waals surface area contributed by atoms with E-state index in [9.17, 15) is 4.79 Å². The number of benzene rings is 1. The summed E-state index contributed by atoms with van der Waals surface area (Å²) < 4.78 is 15.6. The Hall–Kier alpha value is -1.79. The van der Waals surface area contributed by atoms with Gasteiger partial charge in [0, 0.05) is 17.8 Å². The molecule has 0 aliphatic carbocycles. The standard InChI is InChI=1S/C14H20N2O4/c1-14(8-20-7-12(14)15)13(17)16-9-4-5-10(18-2)11(6-9)19-3/h4-6,12H,7-8,15H2,1-3H3,(H,16,17). The maximum Gasteiger partial charge on any atom is 0.234 e. The Morgan fingerprint density at radius 2 is 2.10 bits per heavy atom. The van der Waals surface area contributed by atoms with Crippen LogP contribution in [-0.4, -0.2) is 39.4 Å². The maximum atomic E-state index is 12.4. The molecule has 2 rings (SSSR count). The van der Waals surface area contributed by atoms with Crippen LogP contribution in [0.4, 0.5) is 5.69 Å². The van der Waals surface area contributed by atoms with Gasteiger partial charge < -0.3 is 25.3 Å². The molecule has 1 aliphatic rings. The van der Waals surface area contributed by atoms with Crippen molar-refractivity contribution in [2.75, 3.05) is 32.8 Å². The predicted octanol–water partition coefficient (Wildman–Crippen LogP) is 1.01. The number of hydrogen-bond donors (Lipinski definition) is 2. The highest BCUT2D eigenvalue weighted by Crippen LogP contribution is 2.32. The molecule has 1 amide bonds. The molecule has 20 heavy (non-hydrogen) atoms. The van der Waals surface area contributed by atoms with Crippen LogP contribution in [0, 0.1) is 5.41 Å². The van der Waals surface area contributed by atoms with E-state index in [0.29, 0.717) is 30.4 Å². The largest absolute Gasteiger partial charge is 0.493 e. The molecule has 0 radical (unpaired) electrons. The van der Waals surface area contributed by atoms with Gasteiger partial charge in [-0.3, -0.25) is 4.79 Å². The van der Waals surface area contributed by atoms with Crippen LogP contribution in [0.3, 0.4) is 0 Å². The molecule has 6 nitrogen and oxygen atoms in total. The normalized spacial score (nSPS) is 25.3. The van der Waals surface area contributed by atoms with Crippen molar-refractivity contribution in [2.45, 2.75) is 13.0 Å². The van der Waals surface area contributed by atoms with Crippen LogP contribution in [-0.2, 0) is 9.53 Å². The predicted molar refractivity (Wildman–Crippen MR) is 75.1 cm³/mol. The van der Waals surface area contributed by atoms with Crippen LogP contribution in [0.5, 0.6) is 11.5 Å². The number of carbonyl (C=O) groups excluding carboxylic acids is 1. The van der Waals surface area contributed by atoms with Crippen molar-refractivity contribution in [3.8, 4) is 11.5 Å². The van der Waals surface area contributed by atoms with Crippen LogP contribution < -0.4 is 20.5 Å². The highest BCUT2D eigenvalue weighted by molar-refractivity contribution is 5.96. The van der Waals surface area contributed by atoms with Crippen LogP contribution in [0.2, 0.25) is 0 Å². The molecule has 0 aromatic heterocycles. The Labute approximate surface area is 118 Å². The first-order valence-corrected chi connectivity index (χ1v) is 6.38. The lowest BCUT2D eigenvalue weighted by Gasteiger charge is -2.25. The van der Waals surface area contributed by atoms with Crippen molar-refractivity contribution < 1.29 is 19.0 Å². The minimum absolute atomic E-state index is 0.158. The van der Waals surface area contributed by atoms with Gasteiger partial charge in [0.05, 0.1) is 32.8 Å². The van der Waals surface area contributed by atoms with Crippen molar-refractivity contribution in [1.82, 2.24) is 0 Å². The zero-order valence-corrected chi connectivity index (χ0v) is 11.9. The van der Waals surface area contributed by atoms with Gasteiger partial charge in [-0.25, -0.2) is 0 Å². The number of rotatable bonds is 4. The second-order valence-electron chi connectivity index (χ2n) is 5.06. The van der Waals surface area contributed by atoms with E-state index in [-0.39, 0.29) is 11.9 Å². The fraction of sp³-hybridized carbons (Fsp3) is 0.500. The van der Waals surface area contributed by atoms with Gasteiger partial charge >= 0.3 is 0 Å². The maximum absolute atomic E-state index is 12.4. The van der Waals surface area contributed by atoms with E-state index < -0.39 is 5.41 Å². The molecule has 1 aliphatic heterocycles. The summed E-state index contributed by atoms with van der Waals surface area (Å²) in [7, 11) is 3.11. The lowest BCUT2D eigenvalue weighted by Crippen LogP contribution is -2.47. The summed E-state index contributed by atoms with van der Waals surface area (Å²) in [5.41, 5.74) is 5.86. The third-order valence-corrected chi connectivity index (χ3v) is 3.68. The molecular formula is C14H20N2O4. The summed E-state index contributed by atoms with van der Waals surface area (Å²) in [6, 6.07) is 4.90. The third kappa shape index (κ3) is 2.57. The van der Waals surface area contributed by atoms with Crippen molar-refractivity contribution in [3.63, 3.8) is 0 Å². The van der Waals surface area contributed by atoms with Crippen molar-refractivity contribution in [2.24, 2.45) is 11.1 Å². The van der Waals surface area contributed by atoms with Crippen LogP contribution in [0.15, 0.2) is 18.2 Å². The molecule has 0 saturated carbocycles. The number of nitrogens with two attached hydrogens (primary N) is 1. The fourth-order valence-electron chi connectivity index (χ4n) is 2.11. The first kappa shape index (κ1) is 14.6. The quantitative estimate of drug-likeness (QED) is 0.860. The zero-order chi connectivity index (χ0) is 14.8. The van der Waals surface area contributed by atoms with Crippen molar-refractivity contribution in [3.05, 3.63) is 18.2 Å². The van der Waals surface area contributed by atoms with Crippen molar-refractivity contribution in [1.29, 1.82) is 0 Å². The van der Waals surface area contributed by atoms with Gasteiger partial charge in [0.15, 0.2) is 11.5 Å². The second-order valence-corrected chi connectivity index (χ2v) is 5.06. The van der Waals surface area contributed by atoms with E-state index in [0.717, 1.165) is 0 Å². The van der Waals surface area contributed by atoms with Gasteiger partial charge in [-0.15, -0.1) is 0 Å². The molecule has 1 heterocycles. The average molecular weight is 280 g/mol. The van der Waals surface area contributed by atoms with Gasteiger partial charge in [-0.05, 0) is 19.1 Å². The molecule has 2 atom stereocenters. The van der Waals surface area contributed by atoms with E-state index >= 15 is 0 Å². The number of carbonyl (C=O) groups is 1. The molecule has 2 unspecified atom stereocenters. The van der Waals surface area contributed by atoms with E-state index in [1.807, 2.05) is 0 Å². The highest BCUT2D eigenvalue weighted by atomic mass is 16.5. The monoisotopic (exact) mass is 280 g/mol. The van der Waals surface area contributed by atoms with Crippen LogP contribution >= 0.6 is 0 Å². The minimum Gasteiger partial charge on any atom is -0.493 e. The first-order chi connectivity index (χ1) is 9.51. The minimum atomic E-state index is -0.715. The summed E-state index contributed by atoms with van der Waals surface area (Å²) in [6.07, 6.45) is 0. The van der Waals surface area contributed by atoms with Crippen molar-refractivity contribution >= 4 is 11.6 Å². The molecule has 110 valence electrons. The van der Waals surface area contributed by atoms with E-state index in [1.54, 1.807) is 39.3 Å². The molecule has 1 aromatic rings. The summed E-state index contributed by atoms with van der Waals surface area (Å²) in [5.74, 6) is 1.01. The SMILES string of the molecule is COc1ccc(NC(=O)C2(C)COCC2N)cc1OC. The molecular weight excluding hydrogens is 260 g/mol. The van der Waals surface area contributed by atoms with Gasteiger partial charge in [-0.1, -0.05) is 0 Å². The molecule has 1 aromatic carbocycles. The van der Waals surface area contributed by atoms with E-state index in [4.69, 9.17) is 19.9 Å². The number of amides is 1. The fourth-order valence-corrected chi connectivity index (χ4v) is 2.11. The van der Waals surface area contributed by atoms with Crippen LogP contribution in [0.25, 0.3) is 0 Å². The number of methoxy groups -OCH3 is 2. The number of hydrogen-bond acceptors (Lipinski definition) is 5. The third-order valence-electron chi connectivity index (χ3n) is 3.68. The molecule has 1 fully saturated rings. The Morgan fingerprint density at radius 3 is 2.65 bits per heavy atom. The summed E-state index contributed by atoms with van der Waals surface area (Å²) in [5, 5.41) is 2.85. The topological polar surface area (TPSA) is 82.8 Å². The molecule has 1 saturated heterocycles. The zero-order valence-electron chi connectivity index (χ0n) is 11.9. The summed E-state index contributed by atoms with van der Waals surface area (Å²) >= 11 is 0. The summed E-state index contributed by atoms with van der Waals surface area (Å²) in [4.78, 5) is 12.4. The molecule has 0 spiro atoms. The van der Waals surface area contributed by atoms with Gasteiger partial charge in [-0.2, -0.15) is 0 Å². The Bertz CT molecular complexity index is 506. The second kappa shape index (κ2) is 5.68. The number of nitrogens with one attached hydrogen (secondary N) is 1. The number of ether oxygens (including phenoxy) is 3. The Morgan fingerprint density at radius 1 is 1.40 bits per heavy atom. The van der Waals surface area contributed by atoms with Crippen LogP contribution in [0.1, 0.15) is 6.92 Å². The highest BCUT2D eigenvalue weighted by Gasteiger charge is 2.44. The number of anilines is 1. The van der Waals surface area contributed by atoms with E-state index in [1.165, 1.54) is 0 Å². The van der Waals surface area contributed by atoms with Gasteiger partial charge in [0.2, 0.25) is 5.91 Å². The average Bonchev–Trinajstić information content (AvgIpc) is 2.79. The summed E-state index contributed by atoms with van der Waals surface area (Å²) in [6.45, 7) is 2.53. The Balaban J connectivity index is 2.16. The lowest BCUT2D eigenvalue weighted by atomic mass is 9.85. The molecule has 0 bridgehead atoms.